The molecular formula is C15H15NO3. The maximum Gasteiger partial charge on any atom is 0.294 e. The van der Waals surface area contributed by atoms with Crippen molar-refractivity contribution in [2.24, 2.45) is 0 Å². The van der Waals surface area contributed by atoms with Crippen LogP contribution in [0.1, 0.15) is 11.1 Å². The third-order valence-electron chi connectivity index (χ3n) is 2.85. The van der Waals surface area contributed by atoms with Crippen LogP contribution < -0.4 is 0 Å². The van der Waals surface area contributed by atoms with E-state index in [9.17, 15) is 10.1 Å². The van der Waals surface area contributed by atoms with Gasteiger partial charge in [-0.1, -0.05) is 60.7 Å². The molecule has 0 aliphatic carbocycles. The van der Waals surface area contributed by atoms with E-state index in [2.05, 4.69) is 0 Å². The van der Waals surface area contributed by atoms with Crippen LogP contribution in [0.5, 0.6) is 0 Å². The second-order valence-corrected chi connectivity index (χ2v) is 4.33. The third-order valence-corrected chi connectivity index (χ3v) is 2.85. The van der Waals surface area contributed by atoms with Crippen molar-refractivity contribution in [1.29, 1.82) is 0 Å². The van der Waals surface area contributed by atoms with Gasteiger partial charge in [0, 0.05) is 0 Å². The van der Waals surface area contributed by atoms with Gasteiger partial charge in [-0.15, -0.1) is 10.1 Å². The van der Waals surface area contributed by atoms with Gasteiger partial charge in [-0.3, -0.25) is 0 Å². The van der Waals surface area contributed by atoms with Crippen LogP contribution >= 0.6 is 0 Å². The van der Waals surface area contributed by atoms with Gasteiger partial charge >= 0.3 is 0 Å². The zero-order chi connectivity index (χ0) is 13.5. The van der Waals surface area contributed by atoms with Crippen LogP contribution in [-0.4, -0.2) is 11.2 Å². The minimum atomic E-state index is -0.712. The zero-order valence-corrected chi connectivity index (χ0v) is 10.4. The minimum absolute atomic E-state index is 0.459. The molecule has 4 nitrogen and oxygen atoms in total. The van der Waals surface area contributed by atoms with Crippen molar-refractivity contribution in [3.8, 4) is 0 Å². The topological polar surface area (TPSA) is 52.4 Å². The van der Waals surface area contributed by atoms with E-state index in [1.54, 1.807) is 0 Å². The average molecular weight is 257 g/mol. The lowest BCUT2D eigenvalue weighted by atomic mass is 10.0. The van der Waals surface area contributed by atoms with Crippen molar-refractivity contribution < 1.29 is 9.92 Å². The maximum absolute atomic E-state index is 10.6. The Morgan fingerprint density at radius 2 is 1.32 bits per heavy atom. The second-order valence-electron chi connectivity index (χ2n) is 4.33. The van der Waals surface area contributed by atoms with Crippen molar-refractivity contribution in [1.82, 2.24) is 0 Å². The monoisotopic (exact) mass is 257 g/mol. The van der Waals surface area contributed by atoms with E-state index in [4.69, 9.17) is 4.84 Å². The predicted octanol–water partition coefficient (Wildman–Crippen LogP) is 3.05. The smallest absolute Gasteiger partial charge is 0.294 e. The van der Waals surface area contributed by atoms with Crippen molar-refractivity contribution >= 4 is 0 Å². The quantitative estimate of drug-likeness (QED) is 0.590. The summed E-state index contributed by atoms with van der Waals surface area (Å²) in [7, 11) is 0. The molecule has 0 bridgehead atoms. The highest BCUT2D eigenvalue weighted by Crippen LogP contribution is 2.12. The third kappa shape index (κ3) is 4.43. The van der Waals surface area contributed by atoms with Crippen LogP contribution in [0.2, 0.25) is 0 Å². The van der Waals surface area contributed by atoms with Gasteiger partial charge in [-0.2, -0.15) is 0 Å². The molecule has 0 fully saturated rings. The first-order chi connectivity index (χ1) is 9.24. The molecule has 0 radical (unpaired) electrons. The van der Waals surface area contributed by atoms with Gasteiger partial charge in [0.25, 0.3) is 5.09 Å². The molecule has 2 aromatic carbocycles. The van der Waals surface area contributed by atoms with E-state index in [0.29, 0.717) is 12.8 Å². The lowest BCUT2D eigenvalue weighted by Gasteiger charge is -2.15. The first kappa shape index (κ1) is 13.1. The fraction of sp³-hybridized carbons (Fsp3) is 0.200. The first-order valence-electron chi connectivity index (χ1n) is 6.13. The largest absolute Gasteiger partial charge is 0.310 e. The van der Waals surface area contributed by atoms with E-state index in [0.717, 1.165) is 11.1 Å². The molecule has 0 amide bonds. The van der Waals surface area contributed by atoms with Gasteiger partial charge in [0.1, 0.15) is 6.10 Å². The van der Waals surface area contributed by atoms with E-state index >= 15 is 0 Å². The van der Waals surface area contributed by atoms with Gasteiger partial charge in [0.15, 0.2) is 0 Å². The number of benzene rings is 2. The molecule has 0 N–H and O–H groups in total. The highest BCUT2D eigenvalue weighted by molar-refractivity contribution is 5.18. The highest BCUT2D eigenvalue weighted by atomic mass is 17.0. The Kier molecular flexibility index (Phi) is 4.50. The summed E-state index contributed by atoms with van der Waals surface area (Å²) >= 11 is 0. The van der Waals surface area contributed by atoms with Crippen molar-refractivity contribution in [3.63, 3.8) is 0 Å². The van der Waals surface area contributed by atoms with Crippen LogP contribution in [-0.2, 0) is 17.7 Å². The van der Waals surface area contributed by atoms with Crippen molar-refractivity contribution in [2.75, 3.05) is 0 Å². The Morgan fingerprint density at radius 1 is 0.895 bits per heavy atom. The molecule has 0 saturated heterocycles. The highest BCUT2D eigenvalue weighted by Gasteiger charge is 2.14. The summed E-state index contributed by atoms with van der Waals surface area (Å²) in [6, 6.07) is 19.3. The number of rotatable bonds is 6. The SMILES string of the molecule is O=[N+]([O-])OC(Cc1ccccc1)Cc1ccccc1. The summed E-state index contributed by atoms with van der Waals surface area (Å²) in [5.74, 6) is 0. The molecule has 0 unspecified atom stereocenters. The summed E-state index contributed by atoms with van der Waals surface area (Å²) in [6.07, 6.45) is 0.591. The number of hydrogen-bond acceptors (Lipinski definition) is 3. The van der Waals surface area contributed by atoms with Gasteiger partial charge in [0.05, 0.1) is 0 Å². The molecule has 0 aliphatic heterocycles. The molecule has 98 valence electrons. The normalized spacial score (nSPS) is 10.4. The molecule has 0 heterocycles. The summed E-state index contributed by atoms with van der Waals surface area (Å²) in [6.45, 7) is 0. The van der Waals surface area contributed by atoms with Crippen LogP contribution in [0.4, 0.5) is 0 Å². The Bertz CT molecular complexity index is 472. The molecule has 4 heteroatoms. The average Bonchev–Trinajstić information content (AvgIpc) is 2.40. The molecule has 0 spiro atoms. The van der Waals surface area contributed by atoms with Gasteiger partial charge in [-0.05, 0) is 24.0 Å². The standard InChI is InChI=1S/C15H15NO3/c17-16(18)19-15(11-13-7-3-1-4-8-13)12-14-9-5-2-6-10-14/h1-10,15H,11-12H2. The molecule has 0 atom stereocenters. The molecule has 2 aromatic rings. The molecular weight excluding hydrogens is 242 g/mol. The molecule has 19 heavy (non-hydrogen) atoms. The fourth-order valence-electron chi connectivity index (χ4n) is 2.02. The van der Waals surface area contributed by atoms with Crippen LogP contribution in [0.25, 0.3) is 0 Å². The Hall–Kier alpha value is -2.36. The maximum atomic E-state index is 10.6. The molecule has 0 saturated carbocycles. The van der Waals surface area contributed by atoms with Crippen LogP contribution in [0, 0.1) is 10.1 Å². The van der Waals surface area contributed by atoms with Crippen molar-refractivity contribution in [3.05, 3.63) is 81.9 Å². The van der Waals surface area contributed by atoms with E-state index in [1.165, 1.54) is 0 Å². The first-order valence-corrected chi connectivity index (χ1v) is 6.13. The predicted molar refractivity (Wildman–Crippen MR) is 72.2 cm³/mol. The van der Waals surface area contributed by atoms with E-state index in [-0.39, 0.29) is 0 Å². The lowest BCUT2D eigenvalue weighted by Crippen LogP contribution is -2.22. The lowest BCUT2D eigenvalue weighted by molar-refractivity contribution is -0.768. The summed E-state index contributed by atoms with van der Waals surface area (Å²) in [5, 5.41) is 9.86. The Morgan fingerprint density at radius 3 is 1.68 bits per heavy atom. The van der Waals surface area contributed by atoms with Crippen LogP contribution in [0.3, 0.4) is 0 Å². The van der Waals surface area contributed by atoms with Gasteiger partial charge < -0.3 is 4.84 Å². The summed E-state index contributed by atoms with van der Waals surface area (Å²) in [4.78, 5) is 15.4. The molecule has 0 aromatic heterocycles. The van der Waals surface area contributed by atoms with Gasteiger partial charge in [0.2, 0.25) is 0 Å². The zero-order valence-electron chi connectivity index (χ0n) is 10.4. The fourth-order valence-corrected chi connectivity index (χ4v) is 2.02. The summed E-state index contributed by atoms with van der Waals surface area (Å²) < 4.78 is 0. The molecule has 2 rings (SSSR count). The van der Waals surface area contributed by atoms with Gasteiger partial charge in [-0.25, -0.2) is 0 Å². The Labute approximate surface area is 111 Å². The number of nitrogens with zero attached hydrogens (tertiary/aromatic N) is 1. The van der Waals surface area contributed by atoms with E-state index < -0.39 is 11.2 Å². The minimum Gasteiger partial charge on any atom is -0.310 e. The second kappa shape index (κ2) is 6.54. The Balaban J connectivity index is 2.06. The van der Waals surface area contributed by atoms with Crippen LogP contribution in [0.15, 0.2) is 60.7 Å². The van der Waals surface area contributed by atoms with Crippen molar-refractivity contribution in [2.45, 2.75) is 18.9 Å². The number of hydrogen-bond donors (Lipinski definition) is 0. The summed E-state index contributed by atoms with van der Waals surface area (Å²) in [5.41, 5.74) is 2.07. The van der Waals surface area contributed by atoms with E-state index in [1.807, 2.05) is 60.7 Å². The molecule has 0 aliphatic rings.